The van der Waals surface area contributed by atoms with Crippen molar-refractivity contribution in [2.24, 2.45) is 0 Å². The van der Waals surface area contributed by atoms with Crippen molar-refractivity contribution in [2.75, 3.05) is 55.4 Å². The molecule has 236 valence electrons. The summed E-state index contributed by atoms with van der Waals surface area (Å²) >= 11 is 1.33. The van der Waals surface area contributed by atoms with E-state index in [1.807, 2.05) is 56.4 Å². The van der Waals surface area contributed by atoms with Gasteiger partial charge < -0.3 is 30.5 Å². The molecule has 0 atom stereocenters. The minimum Gasteiger partial charge on any atom is -0.378 e. The van der Waals surface area contributed by atoms with Crippen LogP contribution >= 0.6 is 11.3 Å². The number of benzene rings is 1. The first kappa shape index (κ1) is 32.9. The van der Waals surface area contributed by atoms with Gasteiger partial charge in [-0.3, -0.25) is 9.59 Å². The van der Waals surface area contributed by atoms with E-state index in [4.69, 9.17) is 4.74 Å². The van der Waals surface area contributed by atoms with Crippen LogP contribution in [0.3, 0.4) is 0 Å². The Bertz CT molecular complexity index is 1500. The number of carbonyl (C=O) groups is 3. The fraction of sp³-hybridized carbons (Fsp3) is 0.455. The Balaban J connectivity index is 1.56. The molecule has 1 fully saturated rings. The molecule has 0 unspecified atom stereocenters. The fourth-order valence-corrected chi connectivity index (χ4v) is 6.30. The molecule has 0 radical (unpaired) electrons. The van der Waals surface area contributed by atoms with Gasteiger partial charge in [-0.2, -0.15) is 0 Å². The summed E-state index contributed by atoms with van der Waals surface area (Å²) in [7, 11) is 1.55. The van der Waals surface area contributed by atoms with Crippen molar-refractivity contribution in [1.29, 1.82) is 0 Å². The van der Waals surface area contributed by atoms with Crippen LogP contribution in [0.5, 0.6) is 0 Å². The van der Waals surface area contributed by atoms with Crippen molar-refractivity contribution in [3.8, 4) is 11.1 Å². The summed E-state index contributed by atoms with van der Waals surface area (Å²) < 4.78 is 5.45. The van der Waals surface area contributed by atoms with E-state index >= 15 is 0 Å². The van der Waals surface area contributed by atoms with Crippen molar-refractivity contribution >= 4 is 46.4 Å². The first-order valence-electron chi connectivity index (χ1n) is 14.9. The highest BCUT2D eigenvalue weighted by molar-refractivity contribution is 7.14. The van der Waals surface area contributed by atoms with E-state index < -0.39 is 11.6 Å². The molecular formula is C33H44N6O4S. The number of nitrogens with zero attached hydrogens (tertiary/aromatic N) is 3. The summed E-state index contributed by atoms with van der Waals surface area (Å²) in [6, 6.07) is 11.2. The van der Waals surface area contributed by atoms with Gasteiger partial charge in [0.1, 0.15) is 16.2 Å². The summed E-state index contributed by atoms with van der Waals surface area (Å²) in [5.41, 5.74) is 2.64. The summed E-state index contributed by atoms with van der Waals surface area (Å²) in [6.45, 7) is 16.8. The number of urea groups is 1. The second-order valence-corrected chi connectivity index (χ2v) is 13.5. The molecule has 3 N–H and O–H groups in total. The Kier molecular flexibility index (Phi) is 10.00. The summed E-state index contributed by atoms with van der Waals surface area (Å²) in [6.07, 6.45) is 1.86. The minimum absolute atomic E-state index is 0.249. The second-order valence-electron chi connectivity index (χ2n) is 12.4. The normalized spacial score (nSPS) is 13.8. The Labute approximate surface area is 264 Å². The van der Waals surface area contributed by atoms with Gasteiger partial charge in [0.05, 0.1) is 18.9 Å². The van der Waals surface area contributed by atoms with E-state index in [9.17, 15) is 14.4 Å². The zero-order valence-corrected chi connectivity index (χ0v) is 27.8. The molecule has 2 aromatic heterocycles. The molecule has 1 saturated heterocycles. The molecule has 1 aliphatic heterocycles. The van der Waals surface area contributed by atoms with Crippen molar-refractivity contribution in [3.63, 3.8) is 0 Å². The molecule has 10 nitrogen and oxygen atoms in total. The molecule has 1 aliphatic rings. The number of pyridine rings is 1. The van der Waals surface area contributed by atoms with Gasteiger partial charge in [-0.25, -0.2) is 9.78 Å². The van der Waals surface area contributed by atoms with E-state index in [-0.39, 0.29) is 17.2 Å². The molecule has 44 heavy (non-hydrogen) atoms. The number of morpholine rings is 1. The van der Waals surface area contributed by atoms with E-state index in [1.54, 1.807) is 20.9 Å². The number of hydrogen-bond donors (Lipinski definition) is 3. The van der Waals surface area contributed by atoms with Gasteiger partial charge in [0.15, 0.2) is 0 Å². The van der Waals surface area contributed by atoms with Gasteiger partial charge in [0.2, 0.25) is 5.91 Å². The molecular weight excluding hydrogens is 576 g/mol. The maximum atomic E-state index is 13.9. The second kappa shape index (κ2) is 13.4. The van der Waals surface area contributed by atoms with Crippen LogP contribution in [0.4, 0.5) is 22.0 Å². The third-order valence-corrected chi connectivity index (χ3v) is 9.37. The Morgan fingerprint density at radius 3 is 2.32 bits per heavy atom. The van der Waals surface area contributed by atoms with Crippen molar-refractivity contribution in [1.82, 2.24) is 15.2 Å². The zero-order valence-electron chi connectivity index (χ0n) is 27.0. The Morgan fingerprint density at radius 2 is 1.73 bits per heavy atom. The third-order valence-electron chi connectivity index (χ3n) is 7.82. The monoisotopic (exact) mass is 620 g/mol. The lowest BCUT2D eigenvalue weighted by atomic mass is 9.94. The number of nitrogens with one attached hydrogen (secondary N) is 3. The minimum atomic E-state index is -1.08. The number of hydrogen-bond acceptors (Lipinski definition) is 7. The zero-order chi connectivity index (χ0) is 32.2. The molecule has 0 bridgehead atoms. The van der Waals surface area contributed by atoms with Crippen molar-refractivity contribution < 1.29 is 19.1 Å². The Hall–Kier alpha value is -3.96. The largest absolute Gasteiger partial charge is 0.378 e. The third kappa shape index (κ3) is 7.22. The van der Waals surface area contributed by atoms with Crippen LogP contribution in [0.15, 0.2) is 42.6 Å². The highest BCUT2D eigenvalue weighted by Crippen LogP contribution is 2.37. The van der Waals surface area contributed by atoms with E-state index in [1.165, 1.54) is 16.2 Å². The predicted octanol–water partition coefficient (Wildman–Crippen LogP) is 5.88. The SMILES string of the molecule is CCN(C(=O)c1sc(C(C)(C)C)cc1NC(=O)Nc1ccc(C)c(-c2ccc(N3CCOCC3)nc2)c1)C(C)(C)C(=O)NC. The number of amides is 4. The lowest BCUT2D eigenvalue weighted by molar-refractivity contribution is -0.129. The fourth-order valence-electron chi connectivity index (χ4n) is 5.18. The Morgan fingerprint density at radius 1 is 1.02 bits per heavy atom. The molecule has 4 rings (SSSR count). The maximum absolute atomic E-state index is 13.9. The van der Waals surface area contributed by atoms with Gasteiger partial charge in [-0.15, -0.1) is 11.3 Å². The number of anilines is 3. The van der Waals surface area contributed by atoms with Crippen molar-refractivity contribution in [2.45, 2.75) is 59.4 Å². The molecule has 0 aliphatic carbocycles. The van der Waals surface area contributed by atoms with Crippen LogP contribution in [0.25, 0.3) is 11.1 Å². The lowest BCUT2D eigenvalue weighted by Gasteiger charge is -2.36. The summed E-state index contributed by atoms with van der Waals surface area (Å²) in [5.74, 6) is 0.329. The number of likely N-dealkylation sites (N-methyl/N-ethyl adjacent to an activating group) is 2. The van der Waals surface area contributed by atoms with Gasteiger partial charge in [-0.1, -0.05) is 26.8 Å². The van der Waals surface area contributed by atoms with Gasteiger partial charge in [0.25, 0.3) is 5.91 Å². The lowest BCUT2D eigenvalue weighted by Crippen LogP contribution is -2.56. The topological polar surface area (TPSA) is 116 Å². The quantitative estimate of drug-likeness (QED) is 0.290. The number of rotatable bonds is 8. The van der Waals surface area contributed by atoms with Crippen LogP contribution in [0.2, 0.25) is 0 Å². The van der Waals surface area contributed by atoms with Crippen LogP contribution < -0.4 is 20.9 Å². The molecule has 1 aromatic carbocycles. The van der Waals surface area contributed by atoms with E-state index in [0.29, 0.717) is 36.0 Å². The van der Waals surface area contributed by atoms with Crippen LogP contribution in [0.1, 0.15) is 61.7 Å². The maximum Gasteiger partial charge on any atom is 0.323 e. The number of carbonyl (C=O) groups excluding carboxylic acids is 3. The molecule has 11 heteroatoms. The average Bonchev–Trinajstić information content (AvgIpc) is 3.42. The van der Waals surface area contributed by atoms with Crippen LogP contribution in [-0.4, -0.2) is 73.2 Å². The number of thiophene rings is 1. The highest BCUT2D eigenvalue weighted by atomic mass is 32.1. The molecule has 3 heterocycles. The first-order chi connectivity index (χ1) is 20.8. The summed E-state index contributed by atoms with van der Waals surface area (Å²) in [5, 5.41) is 8.48. The predicted molar refractivity (Wildman–Crippen MR) is 178 cm³/mol. The average molecular weight is 621 g/mol. The van der Waals surface area contributed by atoms with Gasteiger partial charge in [0, 0.05) is 49.0 Å². The number of aryl methyl sites for hydroxylation is 1. The molecule has 0 spiro atoms. The molecule has 0 saturated carbocycles. The molecule has 4 amide bonds. The highest BCUT2D eigenvalue weighted by Gasteiger charge is 2.38. The van der Waals surface area contributed by atoms with Gasteiger partial charge >= 0.3 is 6.03 Å². The van der Waals surface area contributed by atoms with Crippen LogP contribution in [-0.2, 0) is 14.9 Å². The standard InChI is InChI=1S/C33H44N6O4S/c1-9-39(33(6,7)30(41)34-8)29(40)28-25(19-26(44-28)32(3,4)5)37-31(42)36-23-12-10-21(2)24(18-23)22-11-13-27(35-20-22)38-14-16-43-17-15-38/h10-13,18-20H,9,14-17H2,1-8H3,(H,34,41)(H2,36,37,42). The number of ether oxygens (including phenoxy) is 1. The van der Waals surface area contributed by atoms with E-state index in [0.717, 1.165) is 40.5 Å². The van der Waals surface area contributed by atoms with Crippen molar-refractivity contribution in [3.05, 3.63) is 57.9 Å². The number of aromatic nitrogens is 1. The van der Waals surface area contributed by atoms with E-state index in [2.05, 4.69) is 46.6 Å². The molecule has 3 aromatic rings. The van der Waals surface area contributed by atoms with Crippen LogP contribution in [0, 0.1) is 6.92 Å². The van der Waals surface area contributed by atoms with Gasteiger partial charge in [-0.05, 0) is 74.6 Å². The smallest absolute Gasteiger partial charge is 0.323 e. The first-order valence-corrected chi connectivity index (χ1v) is 15.7. The summed E-state index contributed by atoms with van der Waals surface area (Å²) in [4.78, 5) is 49.6.